The van der Waals surface area contributed by atoms with Crippen LogP contribution in [0.1, 0.15) is 44.6 Å². The van der Waals surface area contributed by atoms with Crippen LogP contribution in [0, 0.1) is 5.92 Å². The number of hydrogen-bond acceptors (Lipinski definition) is 2. The summed E-state index contributed by atoms with van der Waals surface area (Å²) < 4.78 is 0. The molecule has 0 saturated carbocycles. The lowest BCUT2D eigenvalue weighted by Crippen LogP contribution is -2.40. The van der Waals surface area contributed by atoms with Crippen molar-refractivity contribution in [1.29, 1.82) is 0 Å². The van der Waals surface area contributed by atoms with Crippen molar-refractivity contribution in [1.82, 2.24) is 10.2 Å². The third-order valence-corrected chi connectivity index (χ3v) is 5.03. The summed E-state index contributed by atoms with van der Waals surface area (Å²) in [6.07, 6.45) is 5.29. The second-order valence-corrected chi connectivity index (χ2v) is 7.13. The van der Waals surface area contributed by atoms with E-state index in [0.29, 0.717) is 10.0 Å². The number of piperidine rings is 1. The highest BCUT2D eigenvalue weighted by atomic mass is 35.5. The molecule has 1 heterocycles. The number of rotatable bonds is 7. The molecular weight excluding hydrogens is 331 g/mol. The Balaban J connectivity index is 1.74. The van der Waals surface area contributed by atoms with Crippen LogP contribution in [0.2, 0.25) is 10.0 Å². The largest absolute Gasteiger partial charge is 0.356 e. The normalized spacial score (nSPS) is 16.5. The Morgan fingerprint density at radius 3 is 2.65 bits per heavy atom. The molecule has 2 rings (SSSR count). The fraction of sp³-hybridized carbons (Fsp3) is 0.611. The highest BCUT2D eigenvalue weighted by molar-refractivity contribution is 6.35. The number of unbranched alkanes of at least 4 members (excludes halogenated alkanes) is 2. The summed E-state index contributed by atoms with van der Waals surface area (Å²) in [6, 6.07) is 5.64. The molecule has 0 atom stereocenters. The molecule has 1 saturated heterocycles. The van der Waals surface area contributed by atoms with Gasteiger partial charge in [-0.3, -0.25) is 9.69 Å². The van der Waals surface area contributed by atoms with Gasteiger partial charge in [-0.1, -0.05) is 49.0 Å². The van der Waals surface area contributed by atoms with Crippen LogP contribution in [0.25, 0.3) is 0 Å². The minimum atomic E-state index is 0.161. The van der Waals surface area contributed by atoms with Gasteiger partial charge in [-0.2, -0.15) is 0 Å². The highest BCUT2D eigenvalue weighted by Gasteiger charge is 2.24. The van der Waals surface area contributed by atoms with Crippen molar-refractivity contribution in [2.45, 2.75) is 45.6 Å². The third-order valence-electron chi connectivity index (χ3n) is 4.45. The fourth-order valence-corrected chi connectivity index (χ4v) is 3.44. The summed E-state index contributed by atoms with van der Waals surface area (Å²) in [7, 11) is 0. The Bertz CT molecular complexity index is 514. The van der Waals surface area contributed by atoms with Gasteiger partial charge in [-0.05, 0) is 50.0 Å². The third kappa shape index (κ3) is 5.98. The number of amides is 1. The maximum Gasteiger partial charge on any atom is 0.223 e. The number of benzene rings is 1. The Morgan fingerprint density at radius 1 is 1.26 bits per heavy atom. The number of carbonyl (C=O) groups is 1. The van der Waals surface area contributed by atoms with E-state index in [0.717, 1.165) is 51.0 Å². The first-order chi connectivity index (χ1) is 11.1. The molecular formula is C18H26Cl2N2O. The van der Waals surface area contributed by atoms with Crippen LogP contribution < -0.4 is 5.32 Å². The topological polar surface area (TPSA) is 32.3 Å². The van der Waals surface area contributed by atoms with E-state index in [1.165, 1.54) is 12.8 Å². The van der Waals surface area contributed by atoms with Crippen LogP contribution in [0.15, 0.2) is 18.2 Å². The zero-order valence-corrected chi connectivity index (χ0v) is 15.3. The van der Waals surface area contributed by atoms with E-state index in [2.05, 4.69) is 17.1 Å². The molecule has 1 aliphatic rings. The lowest BCUT2D eigenvalue weighted by Gasteiger charge is -2.31. The van der Waals surface area contributed by atoms with Crippen molar-refractivity contribution in [3.8, 4) is 0 Å². The van der Waals surface area contributed by atoms with E-state index >= 15 is 0 Å². The molecule has 128 valence electrons. The molecule has 1 aromatic rings. The maximum absolute atomic E-state index is 12.2. The van der Waals surface area contributed by atoms with Crippen molar-refractivity contribution in [2.75, 3.05) is 19.6 Å². The van der Waals surface area contributed by atoms with Gasteiger partial charge in [0.15, 0.2) is 0 Å². The number of halogens is 2. The Labute approximate surface area is 149 Å². The lowest BCUT2D eigenvalue weighted by molar-refractivity contribution is -0.126. The van der Waals surface area contributed by atoms with Crippen LogP contribution in [0.5, 0.6) is 0 Å². The van der Waals surface area contributed by atoms with Crippen molar-refractivity contribution in [2.24, 2.45) is 5.92 Å². The predicted octanol–water partition coefficient (Wildman–Crippen LogP) is 4.51. The Kier molecular flexibility index (Phi) is 7.68. The van der Waals surface area contributed by atoms with Gasteiger partial charge >= 0.3 is 0 Å². The molecule has 1 aliphatic heterocycles. The zero-order chi connectivity index (χ0) is 16.7. The molecule has 0 radical (unpaired) electrons. The molecule has 1 N–H and O–H groups in total. The summed E-state index contributed by atoms with van der Waals surface area (Å²) in [5, 5.41) is 4.45. The molecule has 1 amide bonds. The average molecular weight is 357 g/mol. The summed E-state index contributed by atoms with van der Waals surface area (Å²) in [4.78, 5) is 14.5. The molecule has 0 aromatic heterocycles. The maximum atomic E-state index is 12.2. The lowest BCUT2D eigenvalue weighted by atomic mass is 9.95. The van der Waals surface area contributed by atoms with Crippen molar-refractivity contribution < 1.29 is 4.79 Å². The van der Waals surface area contributed by atoms with Gasteiger partial charge in [0.1, 0.15) is 0 Å². The molecule has 1 fully saturated rings. The highest BCUT2D eigenvalue weighted by Crippen LogP contribution is 2.25. The van der Waals surface area contributed by atoms with Gasteiger partial charge in [-0.15, -0.1) is 0 Å². The number of likely N-dealkylation sites (tertiary alicyclic amines) is 1. The predicted molar refractivity (Wildman–Crippen MR) is 97.0 cm³/mol. The Hall–Kier alpha value is -0.770. The molecule has 0 bridgehead atoms. The van der Waals surface area contributed by atoms with E-state index in [1.54, 1.807) is 6.07 Å². The van der Waals surface area contributed by atoms with Gasteiger partial charge < -0.3 is 5.32 Å². The van der Waals surface area contributed by atoms with Crippen LogP contribution >= 0.6 is 23.2 Å². The van der Waals surface area contributed by atoms with Crippen molar-refractivity contribution in [3.05, 3.63) is 33.8 Å². The first kappa shape index (κ1) is 18.6. The smallest absolute Gasteiger partial charge is 0.223 e. The van der Waals surface area contributed by atoms with E-state index in [-0.39, 0.29) is 11.8 Å². The fourth-order valence-electron chi connectivity index (χ4n) is 2.98. The molecule has 23 heavy (non-hydrogen) atoms. The van der Waals surface area contributed by atoms with Crippen LogP contribution in [0.3, 0.4) is 0 Å². The minimum Gasteiger partial charge on any atom is -0.356 e. The summed E-state index contributed by atoms with van der Waals surface area (Å²) >= 11 is 12.2. The number of nitrogens with zero attached hydrogens (tertiary/aromatic N) is 1. The first-order valence-corrected chi connectivity index (χ1v) is 9.29. The zero-order valence-electron chi connectivity index (χ0n) is 13.8. The molecule has 3 nitrogen and oxygen atoms in total. The van der Waals surface area contributed by atoms with Crippen LogP contribution in [-0.4, -0.2) is 30.4 Å². The summed E-state index contributed by atoms with van der Waals surface area (Å²) in [5.74, 6) is 0.388. The monoisotopic (exact) mass is 356 g/mol. The molecule has 1 aromatic carbocycles. The van der Waals surface area contributed by atoms with Gasteiger partial charge in [0.05, 0.1) is 0 Å². The molecule has 5 heteroatoms. The van der Waals surface area contributed by atoms with Crippen LogP contribution in [-0.2, 0) is 11.3 Å². The first-order valence-electron chi connectivity index (χ1n) is 8.54. The number of hydrogen-bond donors (Lipinski definition) is 1. The summed E-state index contributed by atoms with van der Waals surface area (Å²) in [5.41, 5.74) is 1.10. The van der Waals surface area contributed by atoms with Crippen molar-refractivity contribution in [3.63, 3.8) is 0 Å². The van der Waals surface area contributed by atoms with E-state index in [4.69, 9.17) is 23.2 Å². The average Bonchev–Trinajstić information content (AvgIpc) is 2.55. The van der Waals surface area contributed by atoms with Gasteiger partial charge in [0.2, 0.25) is 5.91 Å². The SMILES string of the molecule is CCCCCNC(=O)C1CCN(Cc2ccc(Cl)cc2Cl)CC1. The van der Waals surface area contributed by atoms with E-state index < -0.39 is 0 Å². The molecule has 0 unspecified atom stereocenters. The van der Waals surface area contributed by atoms with E-state index in [9.17, 15) is 4.79 Å². The van der Waals surface area contributed by atoms with E-state index in [1.807, 2.05) is 12.1 Å². The number of carbonyl (C=O) groups excluding carboxylic acids is 1. The second kappa shape index (κ2) is 9.51. The standard InChI is InChI=1S/C18H26Cl2N2O/c1-2-3-4-9-21-18(23)14-7-10-22(11-8-14)13-15-5-6-16(19)12-17(15)20/h5-6,12,14H,2-4,7-11,13H2,1H3,(H,21,23). The van der Waals surface area contributed by atoms with Gasteiger partial charge in [0, 0.05) is 29.1 Å². The van der Waals surface area contributed by atoms with Gasteiger partial charge in [-0.25, -0.2) is 0 Å². The quantitative estimate of drug-likeness (QED) is 0.728. The second-order valence-electron chi connectivity index (χ2n) is 6.28. The Morgan fingerprint density at radius 2 is 2.00 bits per heavy atom. The van der Waals surface area contributed by atoms with Gasteiger partial charge in [0.25, 0.3) is 0 Å². The number of nitrogens with one attached hydrogen (secondary N) is 1. The molecule has 0 aliphatic carbocycles. The summed E-state index contributed by atoms with van der Waals surface area (Å²) in [6.45, 7) is 5.68. The minimum absolute atomic E-state index is 0.161. The van der Waals surface area contributed by atoms with Crippen LogP contribution in [0.4, 0.5) is 0 Å². The molecule has 0 spiro atoms. The van der Waals surface area contributed by atoms with Crippen molar-refractivity contribution >= 4 is 29.1 Å².